The number of rotatable bonds is 4. The van der Waals surface area contributed by atoms with Gasteiger partial charge in [0.15, 0.2) is 11.6 Å². The molecule has 0 aliphatic carbocycles. The van der Waals surface area contributed by atoms with E-state index in [-0.39, 0.29) is 17.9 Å². The molecule has 0 saturated carbocycles. The number of alkyl halides is 2. The fourth-order valence-corrected chi connectivity index (χ4v) is 1.55. The van der Waals surface area contributed by atoms with Crippen molar-refractivity contribution < 1.29 is 23.0 Å². The zero-order valence-electron chi connectivity index (χ0n) is 9.93. The Morgan fingerprint density at radius 3 is 2.41 bits per heavy atom. The Kier molecular flexibility index (Phi) is 4.03. The summed E-state index contributed by atoms with van der Waals surface area (Å²) in [5, 5.41) is 9.03. The lowest BCUT2D eigenvalue weighted by Gasteiger charge is -2.18. The first-order chi connectivity index (χ1) is 7.81. The second-order valence-corrected chi connectivity index (χ2v) is 4.05. The smallest absolute Gasteiger partial charge is 0.270 e. The quantitative estimate of drug-likeness (QED) is 0.887. The summed E-state index contributed by atoms with van der Waals surface area (Å²) in [5.74, 6) is -4.54. The van der Waals surface area contributed by atoms with Crippen LogP contribution >= 0.6 is 0 Å². The Labute approximate surface area is 98.0 Å². The minimum atomic E-state index is -3.13. The predicted octanol–water partition coefficient (Wildman–Crippen LogP) is 3.04. The molecule has 5 heteroatoms. The van der Waals surface area contributed by atoms with Crippen LogP contribution in [0.25, 0.3) is 0 Å². The van der Waals surface area contributed by atoms with Crippen LogP contribution in [0.5, 0.6) is 5.75 Å². The molecule has 1 rings (SSSR count). The molecule has 0 heterocycles. The first-order valence-corrected chi connectivity index (χ1v) is 5.17. The van der Waals surface area contributed by atoms with Crippen LogP contribution in [0.1, 0.15) is 30.9 Å². The van der Waals surface area contributed by atoms with E-state index in [0.29, 0.717) is 6.92 Å². The molecule has 0 aliphatic heterocycles. The largest absolute Gasteiger partial charge is 0.493 e. The van der Waals surface area contributed by atoms with Crippen LogP contribution in [-0.2, 0) is 5.92 Å². The second-order valence-electron chi connectivity index (χ2n) is 4.05. The summed E-state index contributed by atoms with van der Waals surface area (Å²) in [6, 6.07) is 1.93. The second kappa shape index (κ2) is 4.96. The normalized spacial score (nSPS) is 13.6. The van der Waals surface area contributed by atoms with E-state index >= 15 is 0 Å². The maximum atomic E-state index is 13.6. The van der Waals surface area contributed by atoms with Gasteiger partial charge in [-0.3, -0.25) is 0 Å². The minimum Gasteiger partial charge on any atom is -0.493 e. The van der Waals surface area contributed by atoms with Crippen molar-refractivity contribution in [3.63, 3.8) is 0 Å². The average Bonchev–Trinajstić information content (AvgIpc) is 2.25. The molecule has 1 N–H and O–H groups in total. The Hall–Kier alpha value is -1.23. The molecule has 96 valence electrons. The van der Waals surface area contributed by atoms with E-state index < -0.39 is 23.2 Å². The number of halogens is 3. The topological polar surface area (TPSA) is 29.5 Å². The Bertz CT molecular complexity index is 399. The van der Waals surface area contributed by atoms with E-state index in [1.54, 1.807) is 6.92 Å². The van der Waals surface area contributed by atoms with E-state index in [2.05, 4.69) is 0 Å². The van der Waals surface area contributed by atoms with E-state index in [1.165, 1.54) is 13.2 Å². The van der Waals surface area contributed by atoms with Gasteiger partial charge in [-0.25, -0.2) is 13.2 Å². The summed E-state index contributed by atoms with van der Waals surface area (Å²) < 4.78 is 44.7. The first kappa shape index (κ1) is 13.8. The van der Waals surface area contributed by atoms with Crippen LogP contribution in [-0.4, -0.2) is 18.8 Å². The lowest BCUT2D eigenvalue weighted by molar-refractivity contribution is 0.0169. The van der Waals surface area contributed by atoms with Crippen molar-refractivity contribution in [2.45, 2.75) is 25.7 Å². The van der Waals surface area contributed by atoms with Gasteiger partial charge in [0.25, 0.3) is 5.92 Å². The van der Waals surface area contributed by atoms with Gasteiger partial charge < -0.3 is 9.84 Å². The molecular weight excluding hydrogens is 233 g/mol. The van der Waals surface area contributed by atoms with Gasteiger partial charge in [0.1, 0.15) is 0 Å². The summed E-state index contributed by atoms with van der Waals surface area (Å²) in [5.41, 5.74) is -0.183. The monoisotopic (exact) mass is 248 g/mol. The molecule has 0 aromatic heterocycles. The van der Waals surface area contributed by atoms with Crippen molar-refractivity contribution >= 4 is 0 Å². The predicted molar refractivity (Wildman–Crippen MR) is 58.0 cm³/mol. The number of hydrogen-bond acceptors (Lipinski definition) is 2. The van der Waals surface area contributed by atoms with Gasteiger partial charge >= 0.3 is 0 Å². The van der Waals surface area contributed by atoms with Crippen LogP contribution < -0.4 is 4.74 Å². The van der Waals surface area contributed by atoms with Gasteiger partial charge in [0, 0.05) is 30.6 Å². The maximum absolute atomic E-state index is 13.6. The van der Waals surface area contributed by atoms with Crippen molar-refractivity contribution in [3.05, 3.63) is 29.1 Å². The Morgan fingerprint density at radius 1 is 1.41 bits per heavy atom. The molecule has 1 atom stereocenters. The molecule has 1 unspecified atom stereocenters. The van der Waals surface area contributed by atoms with Crippen LogP contribution in [0.15, 0.2) is 12.1 Å². The van der Waals surface area contributed by atoms with Crippen LogP contribution in [0.3, 0.4) is 0 Å². The highest BCUT2D eigenvalue weighted by atomic mass is 19.3. The number of methoxy groups -OCH3 is 1. The van der Waals surface area contributed by atoms with Gasteiger partial charge in [-0.05, 0) is 12.1 Å². The van der Waals surface area contributed by atoms with Crippen LogP contribution in [0, 0.1) is 5.82 Å². The number of aliphatic hydroxyl groups is 1. The van der Waals surface area contributed by atoms with E-state index in [0.717, 1.165) is 6.07 Å². The van der Waals surface area contributed by atoms with Crippen molar-refractivity contribution in [1.29, 1.82) is 0 Å². The standard InChI is InChI=1S/C12H15F3O2/c1-7(6-16)9-4-8(12(2,14)15)5-10(13)11(9)17-3/h4-5,7,16H,6H2,1-3H3. The fraction of sp³-hybridized carbons (Fsp3) is 0.500. The molecule has 1 aromatic rings. The number of benzene rings is 1. The SMILES string of the molecule is COc1c(F)cc(C(C)(F)F)cc1C(C)CO. The maximum Gasteiger partial charge on any atom is 0.270 e. The third kappa shape index (κ3) is 2.91. The van der Waals surface area contributed by atoms with Crippen molar-refractivity contribution in [2.24, 2.45) is 0 Å². The van der Waals surface area contributed by atoms with E-state index in [1.807, 2.05) is 0 Å². The molecule has 0 amide bonds. The highest BCUT2D eigenvalue weighted by molar-refractivity contribution is 5.42. The molecule has 1 aromatic carbocycles. The molecule has 2 nitrogen and oxygen atoms in total. The average molecular weight is 248 g/mol. The highest BCUT2D eigenvalue weighted by Crippen LogP contribution is 2.36. The van der Waals surface area contributed by atoms with Crippen molar-refractivity contribution in [2.75, 3.05) is 13.7 Å². The third-order valence-electron chi connectivity index (χ3n) is 2.59. The van der Waals surface area contributed by atoms with Gasteiger partial charge in [-0.2, -0.15) is 0 Å². The van der Waals surface area contributed by atoms with Crippen molar-refractivity contribution in [1.82, 2.24) is 0 Å². The molecule has 0 bridgehead atoms. The molecule has 0 spiro atoms. The summed E-state index contributed by atoms with van der Waals surface area (Å²) in [7, 11) is 1.26. The fourth-order valence-electron chi connectivity index (χ4n) is 1.55. The molecule has 0 saturated heterocycles. The minimum absolute atomic E-state index is 0.0976. The van der Waals surface area contributed by atoms with Gasteiger partial charge in [0.2, 0.25) is 0 Å². The summed E-state index contributed by atoms with van der Waals surface area (Å²) in [6.45, 7) is 2.03. The van der Waals surface area contributed by atoms with Crippen LogP contribution in [0.4, 0.5) is 13.2 Å². The van der Waals surface area contributed by atoms with Gasteiger partial charge in [-0.15, -0.1) is 0 Å². The summed E-state index contributed by atoms with van der Waals surface area (Å²) in [6.07, 6.45) is 0. The molecule has 0 fully saturated rings. The zero-order chi connectivity index (χ0) is 13.2. The summed E-state index contributed by atoms with van der Waals surface area (Å²) >= 11 is 0. The van der Waals surface area contributed by atoms with Crippen molar-refractivity contribution in [3.8, 4) is 5.75 Å². The Morgan fingerprint density at radius 2 is 2.00 bits per heavy atom. The zero-order valence-corrected chi connectivity index (χ0v) is 9.93. The van der Waals surface area contributed by atoms with Gasteiger partial charge in [-0.1, -0.05) is 6.92 Å². The molecule has 17 heavy (non-hydrogen) atoms. The number of aliphatic hydroxyl groups excluding tert-OH is 1. The number of ether oxygens (including phenoxy) is 1. The van der Waals surface area contributed by atoms with E-state index in [9.17, 15) is 13.2 Å². The van der Waals surface area contributed by atoms with Gasteiger partial charge in [0.05, 0.1) is 7.11 Å². The first-order valence-electron chi connectivity index (χ1n) is 5.17. The molecule has 0 aliphatic rings. The Balaban J connectivity index is 3.39. The number of hydrogen-bond donors (Lipinski definition) is 1. The highest BCUT2D eigenvalue weighted by Gasteiger charge is 2.28. The lowest BCUT2D eigenvalue weighted by Crippen LogP contribution is -2.11. The van der Waals surface area contributed by atoms with E-state index in [4.69, 9.17) is 9.84 Å². The molecule has 0 radical (unpaired) electrons. The lowest BCUT2D eigenvalue weighted by atomic mass is 9.96. The third-order valence-corrected chi connectivity index (χ3v) is 2.59. The van der Waals surface area contributed by atoms with Crippen LogP contribution in [0.2, 0.25) is 0 Å². The molecular formula is C12H15F3O2. The summed E-state index contributed by atoms with van der Waals surface area (Å²) in [4.78, 5) is 0.